The monoisotopic (exact) mass is 471 g/mol. The second-order valence-corrected chi connectivity index (χ2v) is 9.46. The van der Waals surface area contributed by atoms with Crippen LogP contribution in [0.1, 0.15) is 30.5 Å². The second-order valence-electron chi connectivity index (χ2n) is 9.46. The molecule has 0 unspecified atom stereocenters. The zero-order chi connectivity index (χ0) is 24.5. The molecule has 0 saturated carbocycles. The van der Waals surface area contributed by atoms with E-state index in [0.29, 0.717) is 26.1 Å². The molecule has 7 heteroatoms. The normalized spacial score (nSPS) is 18.5. The lowest BCUT2D eigenvalue weighted by atomic mass is 9.80. The molecule has 3 heterocycles. The number of amides is 2. The van der Waals surface area contributed by atoms with Crippen molar-refractivity contribution in [3.63, 3.8) is 0 Å². The number of carbonyl (C=O) groups excluding carboxylic acids is 2. The fraction of sp³-hybridized carbons (Fsp3) is 0.321. The van der Waals surface area contributed by atoms with Crippen LogP contribution in [0.15, 0.2) is 65.5 Å². The third kappa shape index (κ3) is 4.71. The Kier molecular flexibility index (Phi) is 6.16. The minimum atomic E-state index is -0.117. The Morgan fingerprint density at radius 1 is 0.971 bits per heavy atom. The van der Waals surface area contributed by atoms with E-state index in [4.69, 9.17) is 4.74 Å². The summed E-state index contributed by atoms with van der Waals surface area (Å²) in [6.07, 6.45) is 1.31. The number of benzene rings is 2. The molecule has 1 fully saturated rings. The van der Waals surface area contributed by atoms with E-state index in [1.807, 2.05) is 64.1 Å². The first-order chi connectivity index (χ1) is 16.9. The number of rotatable bonds is 5. The number of likely N-dealkylation sites (tertiary alicyclic amines) is 1. The van der Waals surface area contributed by atoms with Crippen LogP contribution < -0.4 is 15.6 Å². The first-order valence-corrected chi connectivity index (χ1v) is 11.9. The number of nitrogens with zero attached hydrogens (tertiary/aromatic N) is 2. The molecule has 1 aromatic heterocycles. The predicted octanol–water partition coefficient (Wildman–Crippen LogP) is 3.67. The van der Waals surface area contributed by atoms with E-state index in [9.17, 15) is 14.4 Å². The number of hydrogen-bond donors (Lipinski definition) is 1. The molecule has 5 rings (SSSR count). The molecule has 7 nitrogen and oxygen atoms in total. The lowest BCUT2D eigenvalue weighted by molar-refractivity contribution is -0.133. The van der Waals surface area contributed by atoms with Crippen LogP contribution in [0.3, 0.4) is 0 Å². The molecule has 0 aliphatic carbocycles. The van der Waals surface area contributed by atoms with Gasteiger partial charge in [0.05, 0.1) is 13.5 Å². The molecule has 180 valence electrons. The Morgan fingerprint density at radius 2 is 1.71 bits per heavy atom. The van der Waals surface area contributed by atoms with Crippen molar-refractivity contribution in [2.24, 2.45) is 5.92 Å². The zero-order valence-electron chi connectivity index (χ0n) is 20.0. The van der Waals surface area contributed by atoms with Crippen LogP contribution in [0.2, 0.25) is 0 Å². The minimum absolute atomic E-state index is 0.00586. The Balaban J connectivity index is 1.41. The van der Waals surface area contributed by atoms with Gasteiger partial charge in [-0.1, -0.05) is 24.3 Å². The van der Waals surface area contributed by atoms with E-state index in [0.717, 1.165) is 40.2 Å². The molecule has 2 atom stereocenters. The molecule has 2 aliphatic rings. The standard InChI is InChI=1S/C28H29N3O4/c1-18(32)29-23-7-5-21(6-8-23)25-11-12-26(33)31-16-20-13-22(28(25)31)17-30(15-20)27(34)14-19-3-9-24(35-2)10-4-19/h3-12,20,22H,13-17H2,1-2H3,(H,29,32)/t20-,22-/m0/s1. The summed E-state index contributed by atoms with van der Waals surface area (Å²) in [6, 6.07) is 18.8. The minimum Gasteiger partial charge on any atom is -0.497 e. The summed E-state index contributed by atoms with van der Waals surface area (Å²) in [5.41, 5.74) is 4.70. The number of anilines is 1. The fourth-order valence-corrected chi connectivity index (χ4v) is 5.43. The summed E-state index contributed by atoms with van der Waals surface area (Å²) >= 11 is 0. The highest BCUT2D eigenvalue weighted by atomic mass is 16.5. The Hall–Kier alpha value is -3.87. The van der Waals surface area contributed by atoms with Crippen molar-refractivity contribution in [2.75, 3.05) is 25.5 Å². The van der Waals surface area contributed by atoms with Crippen molar-refractivity contribution in [2.45, 2.75) is 32.2 Å². The van der Waals surface area contributed by atoms with Crippen LogP contribution in [0.5, 0.6) is 5.75 Å². The van der Waals surface area contributed by atoms with Gasteiger partial charge in [0.15, 0.2) is 0 Å². The number of methoxy groups -OCH3 is 1. The summed E-state index contributed by atoms with van der Waals surface area (Å²) in [5.74, 6) is 1.12. The van der Waals surface area contributed by atoms with Gasteiger partial charge in [-0.25, -0.2) is 0 Å². The van der Waals surface area contributed by atoms with Crippen molar-refractivity contribution in [3.8, 4) is 16.9 Å². The number of piperidine rings is 1. The van der Waals surface area contributed by atoms with Gasteiger partial charge < -0.3 is 19.5 Å². The number of pyridine rings is 1. The largest absolute Gasteiger partial charge is 0.497 e. The van der Waals surface area contributed by atoms with Gasteiger partial charge in [-0.05, 0) is 53.8 Å². The van der Waals surface area contributed by atoms with Crippen molar-refractivity contribution in [1.29, 1.82) is 0 Å². The highest BCUT2D eigenvalue weighted by Gasteiger charge is 2.37. The van der Waals surface area contributed by atoms with E-state index >= 15 is 0 Å². The van der Waals surface area contributed by atoms with Crippen molar-refractivity contribution in [1.82, 2.24) is 9.47 Å². The predicted molar refractivity (Wildman–Crippen MR) is 135 cm³/mol. The first kappa shape index (κ1) is 22.9. The van der Waals surface area contributed by atoms with Gasteiger partial charge in [-0.2, -0.15) is 0 Å². The highest BCUT2D eigenvalue weighted by Crippen LogP contribution is 2.40. The first-order valence-electron chi connectivity index (χ1n) is 11.9. The molecule has 0 radical (unpaired) electrons. The van der Waals surface area contributed by atoms with Gasteiger partial charge in [0.2, 0.25) is 11.8 Å². The molecule has 2 aliphatic heterocycles. The van der Waals surface area contributed by atoms with E-state index in [1.165, 1.54) is 6.92 Å². The SMILES string of the molecule is COc1ccc(CC(=O)N2C[C@@H]3C[C@@H](C2)c2c(-c4ccc(NC(C)=O)cc4)ccc(=O)n2C3)cc1. The van der Waals surface area contributed by atoms with Crippen LogP contribution in [-0.4, -0.2) is 41.5 Å². The second kappa shape index (κ2) is 9.41. The number of hydrogen-bond acceptors (Lipinski definition) is 4. The van der Waals surface area contributed by atoms with Gasteiger partial charge in [0, 0.05) is 55.5 Å². The van der Waals surface area contributed by atoms with Gasteiger partial charge in [0.25, 0.3) is 5.56 Å². The number of ether oxygens (including phenoxy) is 1. The Labute approximate surface area is 204 Å². The highest BCUT2D eigenvalue weighted by molar-refractivity contribution is 5.89. The summed E-state index contributed by atoms with van der Waals surface area (Å²) < 4.78 is 7.12. The Bertz CT molecular complexity index is 1310. The maximum absolute atomic E-state index is 13.2. The summed E-state index contributed by atoms with van der Waals surface area (Å²) in [7, 11) is 1.63. The molecule has 2 aromatic carbocycles. The molecular weight excluding hydrogens is 442 g/mol. The average molecular weight is 472 g/mol. The molecule has 1 saturated heterocycles. The number of nitrogens with one attached hydrogen (secondary N) is 1. The molecule has 1 N–H and O–H groups in total. The van der Waals surface area contributed by atoms with Crippen LogP contribution >= 0.6 is 0 Å². The Morgan fingerprint density at radius 3 is 2.40 bits per heavy atom. The van der Waals surface area contributed by atoms with Gasteiger partial charge in [-0.3, -0.25) is 14.4 Å². The van der Waals surface area contributed by atoms with E-state index in [-0.39, 0.29) is 29.2 Å². The average Bonchev–Trinajstić information content (AvgIpc) is 2.85. The van der Waals surface area contributed by atoms with Gasteiger partial charge in [-0.15, -0.1) is 0 Å². The van der Waals surface area contributed by atoms with Crippen molar-refractivity contribution in [3.05, 3.63) is 82.3 Å². The van der Waals surface area contributed by atoms with Crippen LogP contribution in [0, 0.1) is 5.92 Å². The molecule has 2 bridgehead atoms. The molecule has 0 spiro atoms. The topological polar surface area (TPSA) is 80.6 Å². The maximum Gasteiger partial charge on any atom is 0.250 e. The fourth-order valence-electron chi connectivity index (χ4n) is 5.43. The number of carbonyl (C=O) groups is 2. The molecule has 2 amide bonds. The molecule has 3 aromatic rings. The van der Waals surface area contributed by atoms with Crippen LogP contribution in [-0.2, 0) is 22.6 Å². The zero-order valence-corrected chi connectivity index (χ0v) is 20.0. The lowest BCUT2D eigenvalue weighted by Crippen LogP contribution is -2.49. The van der Waals surface area contributed by atoms with E-state index in [1.54, 1.807) is 13.2 Å². The van der Waals surface area contributed by atoms with E-state index in [2.05, 4.69) is 5.32 Å². The molecule has 35 heavy (non-hydrogen) atoms. The smallest absolute Gasteiger partial charge is 0.250 e. The van der Waals surface area contributed by atoms with Crippen molar-refractivity contribution < 1.29 is 14.3 Å². The summed E-state index contributed by atoms with van der Waals surface area (Å²) in [4.78, 5) is 39.3. The lowest BCUT2D eigenvalue weighted by Gasteiger charge is -2.43. The van der Waals surface area contributed by atoms with Gasteiger partial charge >= 0.3 is 0 Å². The summed E-state index contributed by atoms with van der Waals surface area (Å²) in [6.45, 7) is 3.38. The van der Waals surface area contributed by atoms with E-state index < -0.39 is 0 Å². The molecular formula is C28H29N3O4. The quantitative estimate of drug-likeness (QED) is 0.616. The van der Waals surface area contributed by atoms with Crippen LogP contribution in [0.4, 0.5) is 5.69 Å². The number of fused-ring (bicyclic) bond motifs is 4. The third-order valence-electron chi connectivity index (χ3n) is 6.97. The van der Waals surface area contributed by atoms with Crippen LogP contribution in [0.25, 0.3) is 11.1 Å². The summed E-state index contributed by atoms with van der Waals surface area (Å²) in [5, 5.41) is 2.79. The number of aromatic nitrogens is 1. The van der Waals surface area contributed by atoms with Crippen molar-refractivity contribution >= 4 is 17.5 Å². The third-order valence-corrected chi connectivity index (χ3v) is 6.97. The van der Waals surface area contributed by atoms with Gasteiger partial charge in [0.1, 0.15) is 5.75 Å². The maximum atomic E-state index is 13.2.